The van der Waals surface area contributed by atoms with Crippen molar-refractivity contribution in [2.24, 2.45) is 0 Å². The van der Waals surface area contributed by atoms with Crippen LogP contribution in [0.5, 0.6) is 0 Å². The number of carbonyl (C=O) groups is 1. The van der Waals surface area contributed by atoms with E-state index < -0.39 is 10.0 Å². The lowest BCUT2D eigenvalue weighted by atomic mass is 10.1. The van der Waals surface area contributed by atoms with E-state index in [1.807, 2.05) is 26.0 Å². The number of nitrogens with zero attached hydrogens (tertiary/aromatic N) is 1. The van der Waals surface area contributed by atoms with Crippen LogP contribution in [0.15, 0.2) is 17.0 Å². The maximum atomic E-state index is 12.9. The number of nitrogens with one attached hydrogen (secondary N) is 1. The first-order valence-corrected chi connectivity index (χ1v) is 8.46. The SMILES string of the molecule is CCCN(CC(=O)NC)S(=O)(=O)c1c(C)cc(C)cc1C. The van der Waals surface area contributed by atoms with Gasteiger partial charge in [0.2, 0.25) is 15.9 Å². The summed E-state index contributed by atoms with van der Waals surface area (Å²) in [5.41, 5.74) is 2.45. The molecule has 6 heteroatoms. The molecule has 1 amide bonds. The van der Waals surface area contributed by atoms with Gasteiger partial charge in [0.05, 0.1) is 11.4 Å². The van der Waals surface area contributed by atoms with Gasteiger partial charge in [0.25, 0.3) is 0 Å². The van der Waals surface area contributed by atoms with Crippen LogP contribution in [0.3, 0.4) is 0 Å². The molecule has 0 unspecified atom stereocenters. The number of amides is 1. The van der Waals surface area contributed by atoms with Crippen molar-refractivity contribution in [1.29, 1.82) is 0 Å². The minimum absolute atomic E-state index is 0.153. The molecule has 0 aliphatic carbocycles. The fourth-order valence-corrected chi connectivity index (χ4v) is 4.38. The summed E-state index contributed by atoms with van der Waals surface area (Å²) in [5.74, 6) is -0.311. The van der Waals surface area contributed by atoms with Crippen molar-refractivity contribution >= 4 is 15.9 Å². The van der Waals surface area contributed by atoms with E-state index in [1.165, 1.54) is 11.4 Å². The topological polar surface area (TPSA) is 66.5 Å². The van der Waals surface area contributed by atoms with Gasteiger partial charge in [-0.15, -0.1) is 0 Å². The maximum Gasteiger partial charge on any atom is 0.244 e. The monoisotopic (exact) mass is 312 g/mol. The average Bonchev–Trinajstić information content (AvgIpc) is 2.36. The van der Waals surface area contributed by atoms with E-state index in [1.54, 1.807) is 13.8 Å². The fraction of sp³-hybridized carbons (Fsp3) is 0.533. The van der Waals surface area contributed by atoms with Crippen LogP contribution in [0.2, 0.25) is 0 Å². The van der Waals surface area contributed by atoms with Crippen LogP contribution in [0.25, 0.3) is 0 Å². The molecule has 118 valence electrons. The maximum absolute atomic E-state index is 12.9. The number of hydrogen-bond donors (Lipinski definition) is 1. The molecule has 5 nitrogen and oxygen atoms in total. The molecule has 1 rings (SSSR count). The van der Waals surface area contributed by atoms with Crippen molar-refractivity contribution in [3.63, 3.8) is 0 Å². The Bertz CT molecular complexity index is 601. The quantitative estimate of drug-likeness (QED) is 0.870. The van der Waals surface area contributed by atoms with E-state index >= 15 is 0 Å². The smallest absolute Gasteiger partial charge is 0.244 e. The second kappa shape index (κ2) is 7.04. The first-order chi connectivity index (χ1) is 9.73. The van der Waals surface area contributed by atoms with Gasteiger partial charge in [-0.3, -0.25) is 4.79 Å². The molecule has 0 aliphatic heterocycles. The molecular formula is C15H24N2O3S. The number of hydrogen-bond acceptors (Lipinski definition) is 3. The first kappa shape index (κ1) is 17.7. The second-order valence-corrected chi connectivity index (χ2v) is 7.11. The van der Waals surface area contributed by atoms with Gasteiger partial charge in [0.15, 0.2) is 0 Å². The van der Waals surface area contributed by atoms with Gasteiger partial charge in [0, 0.05) is 13.6 Å². The Morgan fingerprint density at radius 2 is 1.71 bits per heavy atom. The molecule has 0 bridgehead atoms. The highest BCUT2D eigenvalue weighted by Crippen LogP contribution is 2.25. The lowest BCUT2D eigenvalue weighted by Gasteiger charge is -2.23. The van der Waals surface area contributed by atoms with Crippen molar-refractivity contribution in [2.45, 2.75) is 39.0 Å². The molecule has 0 saturated heterocycles. The van der Waals surface area contributed by atoms with Gasteiger partial charge < -0.3 is 5.32 Å². The summed E-state index contributed by atoms with van der Waals surface area (Å²) in [5, 5.41) is 2.47. The summed E-state index contributed by atoms with van der Waals surface area (Å²) in [4.78, 5) is 11.9. The number of aryl methyl sites for hydroxylation is 3. The molecule has 0 atom stereocenters. The van der Waals surface area contributed by atoms with Crippen LogP contribution >= 0.6 is 0 Å². The van der Waals surface area contributed by atoms with Crippen molar-refractivity contribution < 1.29 is 13.2 Å². The zero-order chi connectivity index (χ0) is 16.2. The second-order valence-electron chi connectivity index (χ2n) is 5.24. The Hall–Kier alpha value is -1.40. The van der Waals surface area contributed by atoms with Crippen LogP contribution in [0.4, 0.5) is 0 Å². The van der Waals surface area contributed by atoms with Gasteiger partial charge in [-0.2, -0.15) is 4.31 Å². The molecule has 0 radical (unpaired) electrons. The standard InChI is InChI=1S/C15H24N2O3S/c1-6-7-17(10-14(18)16-5)21(19,20)15-12(3)8-11(2)9-13(15)4/h8-9H,6-7,10H2,1-5H3,(H,16,18). The molecule has 1 N–H and O–H groups in total. The van der Waals surface area contributed by atoms with Crippen LogP contribution in [-0.2, 0) is 14.8 Å². The van der Waals surface area contributed by atoms with Gasteiger partial charge in [-0.1, -0.05) is 24.6 Å². The minimum Gasteiger partial charge on any atom is -0.358 e. The van der Waals surface area contributed by atoms with Crippen LogP contribution in [-0.4, -0.2) is 38.8 Å². The lowest BCUT2D eigenvalue weighted by Crippen LogP contribution is -2.40. The van der Waals surface area contributed by atoms with Gasteiger partial charge in [0.1, 0.15) is 0 Å². The summed E-state index contributed by atoms with van der Waals surface area (Å²) in [6.07, 6.45) is 0.653. The van der Waals surface area contributed by atoms with Crippen molar-refractivity contribution in [1.82, 2.24) is 9.62 Å². The molecule has 0 fully saturated rings. The summed E-state index contributed by atoms with van der Waals surface area (Å²) in [6.45, 7) is 7.57. The summed E-state index contributed by atoms with van der Waals surface area (Å²) in [7, 11) is -2.17. The summed E-state index contributed by atoms with van der Waals surface area (Å²) < 4.78 is 27.0. The Morgan fingerprint density at radius 3 is 2.14 bits per heavy atom. The Morgan fingerprint density at radius 1 is 1.19 bits per heavy atom. The molecule has 0 aromatic heterocycles. The number of rotatable bonds is 6. The number of carbonyl (C=O) groups excluding carboxylic acids is 1. The third kappa shape index (κ3) is 4.04. The lowest BCUT2D eigenvalue weighted by molar-refractivity contribution is -0.120. The van der Waals surface area contributed by atoms with Crippen molar-refractivity contribution in [3.05, 3.63) is 28.8 Å². The molecule has 0 heterocycles. The predicted molar refractivity (Wildman–Crippen MR) is 83.8 cm³/mol. The Labute approximate surface area is 127 Å². The summed E-state index contributed by atoms with van der Waals surface area (Å²) >= 11 is 0. The largest absolute Gasteiger partial charge is 0.358 e. The number of likely N-dealkylation sites (N-methyl/N-ethyl adjacent to an activating group) is 1. The molecular weight excluding hydrogens is 288 g/mol. The number of sulfonamides is 1. The molecule has 1 aromatic carbocycles. The van der Waals surface area contributed by atoms with Crippen molar-refractivity contribution in [2.75, 3.05) is 20.1 Å². The highest BCUT2D eigenvalue weighted by atomic mass is 32.2. The van der Waals surface area contributed by atoms with E-state index in [-0.39, 0.29) is 12.5 Å². The third-order valence-corrected chi connectivity index (χ3v) is 5.43. The van der Waals surface area contributed by atoms with Crippen molar-refractivity contribution in [3.8, 4) is 0 Å². The van der Waals surface area contributed by atoms with E-state index in [0.29, 0.717) is 29.0 Å². The molecule has 0 saturated carbocycles. The normalized spacial score (nSPS) is 11.7. The van der Waals surface area contributed by atoms with Gasteiger partial charge in [-0.25, -0.2) is 8.42 Å². The van der Waals surface area contributed by atoms with Crippen LogP contribution in [0.1, 0.15) is 30.0 Å². The first-order valence-electron chi connectivity index (χ1n) is 7.02. The highest BCUT2D eigenvalue weighted by molar-refractivity contribution is 7.89. The van der Waals surface area contributed by atoms with E-state index in [0.717, 1.165) is 5.56 Å². The fourth-order valence-electron chi connectivity index (χ4n) is 2.48. The minimum atomic E-state index is -3.67. The zero-order valence-electron chi connectivity index (χ0n) is 13.4. The zero-order valence-corrected chi connectivity index (χ0v) is 14.2. The molecule has 0 aliphatic rings. The molecule has 21 heavy (non-hydrogen) atoms. The van der Waals surface area contributed by atoms with E-state index in [2.05, 4.69) is 5.32 Å². The molecule has 1 aromatic rings. The summed E-state index contributed by atoms with van der Waals surface area (Å²) in [6, 6.07) is 3.70. The van der Waals surface area contributed by atoms with Crippen LogP contribution < -0.4 is 5.32 Å². The third-order valence-electron chi connectivity index (χ3n) is 3.27. The van der Waals surface area contributed by atoms with Gasteiger partial charge in [-0.05, 0) is 38.3 Å². The Balaban J connectivity index is 3.32. The Kier molecular flexibility index (Phi) is 5.92. The predicted octanol–water partition coefficient (Wildman–Crippen LogP) is 1.76. The van der Waals surface area contributed by atoms with E-state index in [4.69, 9.17) is 0 Å². The van der Waals surface area contributed by atoms with Gasteiger partial charge >= 0.3 is 0 Å². The molecule has 0 spiro atoms. The average molecular weight is 312 g/mol. The van der Waals surface area contributed by atoms with Crippen LogP contribution in [0, 0.1) is 20.8 Å². The highest BCUT2D eigenvalue weighted by Gasteiger charge is 2.28. The van der Waals surface area contributed by atoms with E-state index in [9.17, 15) is 13.2 Å². The number of benzene rings is 1.